The van der Waals surface area contributed by atoms with Crippen molar-refractivity contribution in [3.05, 3.63) is 63.4 Å². The molecule has 0 saturated carbocycles. The molecule has 1 aliphatic rings. The van der Waals surface area contributed by atoms with Crippen molar-refractivity contribution in [1.82, 2.24) is 9.88 Å². The van der Waals surface area contributed by atoms with E-state index in [1.807, 2.05) is 12.3 Å². The zero-order valence-electron chi connectivity index (χ0n) is 13.0. The van der Waals surface area contributed by atoms with E-state index in [9.17, 15) is 9.59 Å². The van der Waals surface area contributed by atoms with Gasteiger partial charge in [0.25, 0.3) is 11.8 Å². The smallest absolute Gasteiger partial charge is 0.261 e. The molecule has 4 nitrogen and oxygen atoms in total. The number of nitrogens with zero attached hydrogens (tertiary/aromatic N) is 2. The highest BCUT2D eigenvalue weighted by Gasteiger charge is 2.35. The van der Waals surface area contributed by atoms with Gasteiger partial charge in [0.05, 0.1) is 17.7 Å². The Morgan fingerprint density at radius 3 is 2.26 bits per heavy atom. The van der Waals surface area contributed by atoms with Crippen molar-refractivity contribution in [2.45, 2.75) is 26.8 Å². The summed E-state index contributed by atoms with van der Waals surface area (Å²) in [4.78, 5) is 30.6. The number of hydrogen-bond acceptors (Lipinski definition) is 3. The average Bonchev–Trinajstić information content (AvgIpc) is 2.75. The number of fused-ring (bicyclic) bond motifs is 1. The van der Waals surface area contributed by atoms with Crippen LogP contribution in [0.3, 0.4) is 0 Å². The van der Waals surface area contributed by atoms with Gasteiger partial charge in [-0.15, -0.1) is 0 Å². The minimum atomic E-state index is -0.228. The molecular formula is C18H17BrN2O2. The van der Waals surface area contributed by atoms with E-state index in [2.05, 4.69) is 34.8 Å². The second-order valence-corrected chi connectivity index (χ2v) is 6.93. The third kappa shape index (κ3) is 3.06. The number of carbonyl (C=O) groups is 2. The topological polar surface area (TPSA) is 50.3 Å². The lowest BCUT2D eigenvalue weighted by Crippen LogP contribution is -2.29. The van der Waals surface area contributed by atoms with Gasteiger partial charge < -0.3 is 0 Å². The molecule has 1 aromatic heterocycles. The van der Waals surface area contributed by atoms with Crippen LogP contribution in [0.2, 0.25) is 0 Å². The fraction of sp³-hybridized carbons (Fsp3) is 0.278. The minimum absolute atomic E-state index is 0.228. The molecule has 5 heteroatoms. The van der Waals surface area contributed by atoms with Crippen molar-refractivity contribution in [1.29, 1.82) is 0 Å². The first-order valence-corrected chi connectivity index (χ1v) is 8.35. The summed E-state index contributed by atoms with van der Waals surface area (Å²) in [7, 11) is 0. The number of halogens is 1. The maximum Gasteiger partial charge on any atom is 0.261 e. The molecule has 0 unspecified atom stereocenters. The Hall–Kier alpha value is -2.01. The summed E-state index contributed by atoms with van der Waals surface area (Å²) in [6, 6.07) is 8.85. The number of imide groups is 1. The van der Waals surface area contributed by atoms with E-state index in [1.54, 1.807) is 24.3 Å². The van der Waals surface area contributed by atoms with E-state index in [-0.39, 0.29) is 18.4 Å². The first kappa shape index (κ1) is 15.9. The number of pyridine rings is 1. The molecule has 0 radical (unpaired) electrons. The van der Waals surface area contributed by atoms with Crippen molar-refractivity contribution >= 4 is 27.7 Å². The third-order valence-corrected chi connectivity index (χ3v) is 4.32. The van der Waals surface area contributed by atoms with Crippen LogP contribution in [-0.2, 0) is 13.0 Å². The van der Waals surface area contributed by atoms with Gasteiger partial charge >= 0.3 is 0 Å². The van der Waals surface area contributed by atoms with Crippen LogP contribution in [-0.4, -0.2) is 21.7 Å². The molecule has 23 heavy (non-hydrogen) atoms. The summed E-state index contributed by atoms with van der Waals surface area (Å²) in [6.45, 7) is 4.54. The van der Waals surface area contributed by atoms with Crippen LogP contribution in [0.5, 0.6) is 0 Å². The van der Waals surface area contributed by atoms with E-state index in [1.165, 1.54) is 4.90 Å². The van der Waals surface area contributed by atoms with Crippen LogP contribution >= 0.6 is 15.9 Å². The van der Waals surface area contributed by atoms with Gasteiger partial charge in [0, 0.05) is 6.20 Å². The Morgan fingerprint density at radius 2 is 1.70 bits per heavy atom. The van der Waals surface area contributed by atoms with E-state index in [0.29, 0.717) is 21.6 Å². The number of rotatable bonds is 4. The van der Waals surface area contributed by atoms with Crippen LogP contribution in [0.4, 0.5) is 0 Å². The summed E-state index contributed by atoms with van der Waals surface area (Å²) < 4.78 is 0.705. The Kier molecular flexibility index (Phi) is 4.31. The zero-order valence-corrected chi connectivity index (χ0v) is 14.6. The summed E-state index contributed by atoms with van der Waals surface area (Å²) in [5, 5.41) is 0. The molecule has 0 N–H and O–H groups in total. The summed E-state index contributed by atoms with van der Waals surface area (Å²) in [5.41, 5.74) is 2.99. The highest BCUT2D eigenvalue weighted by atomic mass is 79.9. The second kappa shape index (κ2) is 6.24. The molecule has 2 aromatic rings. The predicted molar refractivity (Wildman–Crippen MR) is 91.1 cm³/mol. The van der Waals surface area contributed by atoms with Gasteiger partial charge in [0.2, 0.25) is 0 Å². The van der Waals surface area contributed by atoms with Gasteiger partial charge in [-0.25, -0.2) is 4.98 Å². The monoisotopic (exact) mass is 372 g/mol. The fourth-order valence-electron chi connectivity index (χ4n) is 2.82. The molecule has 0 saturated heterocycles. The van der Waals surface area contributed by atoms with Crippen molar-refractivity contribution in [3.8, 4) is 0 Å². The van der Waals surface area contributed by atoms with Crippen LogP contribution < -0.4 is 0 Å². The normalized spacial score (nSPS) is 13.8. The van der Waals surface area contributed by atoms with Gasteiger partial charge in [0.1, 0.15) is 4.60 Å². The molecule has 1 aliphatic heterocycles. The summed E-state index contributed by atoms with van der Waals surface area (Å²) in [6.07, 6.45) is 2.68. The molecule has 0 aliphatic carbocycles. The Bertz CT molecular complexity index is 751. The molecule has 2 amide bonds. The Labute approximate surface area is 143 Å². The number of benzene rings is 1. The van der Waals surface area contributed by atoms with Crippen molar-refractivity contribution < 1.29 is 9.59 Å². The van der Waals surface area contributed by atoms with Crippen LogP contribution in [0.25, 0.3) is 0 Å². The third-order valence-electron chi connectivity index (χ3n) is 3.88. The highest BCUT2D eigenvalue weighted by molar-refractivity contribution is 9.10. The average molecular weight is 373 g/mol. The van der Waals surface area contributed by atoms with E-state index in [4.69, 9.17) is 0 Å². The standard InChI is InChI=1S/C18H17BrN2O2/c1-11(2)7-12-9-20-16(19)8-13(12)10-21-17(22)14-5-3-4-6-15(14)18(21)23/h3-6,8-9,11H,7,10H2,1-2H3. The lowest BCUT2D eigenvalue weighted by molar-refractivity contribution is 0.0642. The molecule has 0 bridgehead atoms. The number of hydrogen-bond donors (Lipinski definition) is 0. The quantitative estimate of drug-likeness (QED) is 0.605. The molecule has 1 aromatic carbocycles. The van der Waals surface area contributed by atoms with Crippen LogP contribution in [0, 0.1) is 5.92 Å². The lowest BCUT2D eigenvalue weighted by Gasteiger charge is -2.17. The second-order valence-electron chi connectivity index (χ2n) is 6.12. The fourth-order valence-corrected chi connectivity index (χ4v) is 3.20. The van der Waals surface area contributed by atoms with Gasteiger partial charge in [0.15, 0.2) is 0 Å². The van der Waals surface area contributed by atoms with Gasteiger partial charge in [-0.2, -0.15) is 0 Å². The van der Waals surface area contributed by atoms with E-state index in [0.717, 1.165) is 17.5 Å². The van der Waals surface area contributed by atoms with E-state index >= 15 is 0 Å². The number of amides is 2. The zero-order chi connectivity index (χ0) is 16.6. The highest BCUT2D eigenvalue weighted by Crippen LogP contribution is 2.26. The molecule has 2 heterocycles. The number of carbonyl (C=O) groups excluding carboxylic acids is 2. The molecule has 118 valence electrons. The predicted octanol–water partition coefficient (Wildman–Crippen LogP) is 3.84. The van der Waals surface area contributed by atoms with Crippen molar-refractivity contribution in [3.63, 3.8) is 0 Å². The van der Waals surface area contributed by atoms with Crippen molar-refractivity contribution in [2.24, 2.45) is 5.92 Å². The summed E-state index contributed by atoms with van der Waals surface area (Å²) in [5.74, 6) is 0.0157. The van der Waals surface area contributed by atoms with Crippen molar-refractivity contribution in [2.75, 3.05) is 0 Å². The molecular weight excluding hydrogens is 356 g/mol. The molecule has 3 rings (SSSR count). The van der Waals surface area contributed by atoms with Crippen LogP contribution in [0.1, 0.15) is 45.7 Å². The summed E-state index contributed by atoms with van der Waals surface area (Å²) >= 11 is 3.37. The molecule has 0 spiro atoms. The Balaban J connectivity index is 1.93. The maximum absolute atomic E-state index is 12.5. The van der Waals surface area contributed by atoms with Gasteiger partial charge in [-0.3, -0.25) is 14.5 Å². The van der Waals surface area contributed by atoms with Gasteiger partial charge in [-0.05, 0) is 57.6 Å². The maximum atomic E-state index is 12.5. The van der Waals surface area contributed by atoms with Crippen LogP contribution in [0.15, 0.2) is 41.1 Å². The molecule has 0 atom stereocenters. The lowest BCUT2D eigenvalue weighted by atomic mass is 10.00. The van der Waals surface area contributed by atoms with Gasteiger partial charge in [-0.1, -0.05) is 26.0 Å². The number of aromatic nitrogens is 1. The van der Waals surface area contributed by atoms with E-state index < -0.39 is 0 Å². The largest absolute Gasteiger partial charge is 0.270 e. The first-order valence-electron chi connectivity index (χ1n) is 7.56. The molecule has 0 fully saturated rings. The first-order chi connectivity index (χ1) is 11.0. The Morgan fingerprint density at radius 1 is 1.09 bits per heavy atom. The SMILES string of the molecule is CC(C)Cc1cnc(Br)cc1CN1C(=O)c2ccccc2C1=O. The minimum Gasteiger partial charge on any atom is -0.270 e.